The highest BCUT2D eigenvalue weighted by atomic mass is 16.5. The molecule has 3 aromatic rings. The zero-order valence-corrected chi connectivity index (χ0v) is 16.6. The fourth-order valence-electron chi connectivity index (χ4n) is 2.49. The lowest BCUT2D eigenvalue weighted by molar-refractivity contribution is -0.141. The molecule has 1 N–H and O–H groups in total. The Balaban J connectivity index is 1.45. The maximum Gasteiger partial charge on any atom is 0.343 e. The van der Waals surface area contributed by atoms with Crippen LogP contribution in [0, 0.1) is 6.92 Å². The largest absolute Gasteiger partial charge is 0.459 e. The maximum atomic E-state index is 12.2. The topological polar surface area (TPSA) is 112 Å². The number of ketones is 1. The molecular weight excluding hydrogens is 402 g/mol. The maximum absolute atomic E-state index is 12.2. The molecule has 3 rings (SSSR count). The Kier molecular flexibility index (Phi) is 6.95. The number of carbonyl (C=O) groups is 4. The molecule has 31 heavy (non-hydrogen) atoms. The number of nitrogens with one attached hydrogen (secondary N) is 1. The average Bonchev–Trinajstić information content (AvgIpc) is 3.32. The molecule has 8 nitrogen and oxygen atoms in total. The van der Waals surface area contributed by atoms with Gasteiger partial charge in [-0.3, -0.25) is 14.4 Å². The van der Waals surface area contributed by atoms with Crippen LogP contribution in [0.4, 0.5) is 0 Å². The van der Waals surface area contributed by atoms with Crippen LogP contribution >= 0.6 is 0 Å². The summed E-state index contributed by atoms with van der Waals surface area (Å²) in [7, 11) is 0. The van der Waals surface area contributed by atoms with Crippen molar-refractivity contribution in [2.24, 2.45) is 0 Å². The van der Waals surface area contributed by atoms with Gasteiger partial charge in [-0.15, -0.1) is 0 Å². The van der Waals surface area contributed by atoms with Gasteiger partial charge in [0.2, 0.25) is 0 Å². The number of aryl methyl sites for hydroxylation is 1. The van der Waals surface area contributed by atoms with Crippen molar-refractivity contribution in [1.82, 2.24) is 5.32 Å². The van der Waals surface area contributed by atoms with Crippen LogP contribution in [0.25, 0.3) is 0 Å². The Morgan fingerprint density at radius 2 is 1.58 bits per heavy atom. The number of hydrogen-bond acceptors (Lipinski definition) is 7. The first-order valence-electron chi connectivity index (χ1n) is 9.32. The van der Waals surface area contributed by atoms with Gasteiger partial charge in [0.05, 0.1) is 11.8 Å². The van der Waals surface area contributed by atoms with Crippen molar-refractivity contribution in [2.45, 2.75) is 6.92 Å². The van der Waals surface area contributed by atoms with Crippen molar-refractivity contribution >= 4 is 23.6 Å². The quantitative estimate of drug-likeness (QED) is 0.338. The van der Waals surface area contributed by atoms with Crippen LogP contribution in [0.15, 0.2) is 71.3 Å². The van der Waals surface area contributed by atoms with E-state index < -0.39 is 36.8 Å². The number of furan rings is 1. The molecule has 0 fully saturated rings. The molecule has 0 unspecified atom stereocenters. The number of Topliss-reactive ketones (excluding diaryl/α,β-unsaturated/α-hetero) is 1. The smallest absolute Gasteiger partial charge is 0.343 e. The summed E-state index contributed by atoms with van der Waals surface area (Å²) < 4.78 is 15.0. The molecule has 2 aromatic carbocycles. The predicted octanol–water partition coefficient (Wildman–Crippen LogP) is 2.96. The molecule has 0 spiro atoms. The highest BCUT2D eigenvalue weighted by Gasteiger charge is 2.14. The Morgan fingerprint density at radius 3 is 2.23 bits per heavy atom. The van der Waals surface area contributed by atoms with Gasteiger partial charge in [0.1, 0.15) is 12.3 Å². The minimum Gasteiger partial charge on any atom is -0.459 e. The van der Waals surface area contributed by atoms with Gasteiger partial charge in [-0.25, -0.2) is 4.79 Å². The molecule has 0 saturated heterocycles. The van der Waals surface area contributed by atoms with Crippen LogP contribution in [0.1, 0.15) is 36.8 Å². The third kappa shape index (κ3) is 6.14. The van der Waals surface area contributed by atoms with Crippen molar-refractivity contribution < 1.29 is 33.1 Å². The number of benzene rings is 2. The fraction of sp³-hybridized carbons (Fsp3) is 0.130. The summed E-state index contributed by atoms with van der Waals surface area (Å²) in [6, 6.07) is 15.8. The number of rotatable bonds is 8. The molecule has 0 aliphatic heterocycles. The van der Waals surface area contributed by atoms with Crippen LogP contribution < -0.4 is 10.1 Å². The number of amides is 1. The van der Waals surface area contributed by atoms with Crippen LogP contribution in [-0.2, 0) is 9.53 Å². The highest BCUT2D eigenvalue weighted by molar-refractivity contribution is 5.98. The molecule has 0 saturated carbocycles. The SMILES string of the molecule is Cc1ccc(C(=O)Oc2ccc(C(=O)COC(=O)CNC(=O)c3ccco3)cc2)cc1. The van der Waals surface area contributed by atoms with E-state index in [9.17, 15) is 19.2 Å². The lowest BCUT2D eigenvalue weighted by Gasteiger charge is -2.07. The van der Waals surface area contributed by atoms with Gasteiger partial charge in [-0.05, 0) is 55.5 Å². The second kappa shape index (κ2) is 10.0. The first-order valence-corrected chi connectivity index (χ1v) is 9.32. The number of hydrogen-bond donors (Lipinski definition) is 1. The van der Waals surface area contributed by atoms with Gasteiger partial charge in [-0.2, -0.15) is 0 Å². The lowest BCUT2D eigenvalue weighted by atomic mass is 10.1. The van der Waals surface area contributed by atoms with E-state index in [0.717, 1.165) is 5.56 Å². The average molecular weight is 421 g/mol. The third-order valence-electron chi connectivity index (χ3n) is 4.18. The predicted molar refractivity (Wildman–Crippen MR) is 109 cm³/mol. The van der Waals surface area contributed by atoms with Crippen LogP contribution in [0.2, 0.25) is 0 Å². The Bertz CT molecular complexity index is 1070. The zero-order valence-electron chi connectivity index (χ0n) is 16.6. The molecule has 1 aromatic heterocycles. The van der Waals surface area contributed by atoms with E-state index in [1.54, 1.807) is 18.2 Å². The van der Waals surface area contributed by atoms with Crippen LogP contribution in [0.3, 0.4) is 0 Å². The van der Waals surface area contributed by atoms with E-state index in [4.69, 9.17) is 13.9 Å². The fourth-order valence-corrected chi connectivity index (χ4v) is 2.49. The van der Waals surface area contributed by atoms with E-state index in [1.807, 2.05) is 19.1 Å². The molecule has 158 valence electrons. The standard InChI is InChI=1S/C23H19NO7/c1-15-4-6-17(7-5-15)23(28)31-18-10-8-16(9-11-18)19(25)14-30-21(26)13-24-22(27)20-3-2-12-29-20/h2-12H,13-14H2,1H3,(H,24,27). The van der Waals surface area contributed by atoms with E-state index in [0.29, 0.717) is 5.56 Å². The minimum atomic E-state index is -0.767. The summed E-state index contributed by atoms with van der Waals surface area (Å²) in [5.74, 6) is -1.94. The summed E-state index contributed by atoms with van der Waals surface area (Å²) in [4.78, 5) is 47.7. The Hall–Kier alpha value is -4.20. The summed E-state index contributed by atoms with van der Waals surface area (Å²) in [6.07, 6.45) is 1.33. The molecule has 0 aliphatic carbocycles. The van der Waals surface area contributed by atoms with E-state index in [-0.39, 0.29) is 17.1 Å². The van der Waals surface area contributed by atoms with Crippen molar-refractivity contribution in [2.75, 3.05) is 13.2 Å². The van der Waals surface area contributed by atoms with E-state index in [1.165, 1.54) is 36.6 Å². The molecule has 1 heterocycles. The third-order valence-corrected chi connectivity index (χ3v) is 4.18. The van der Waals surface area contributed by atoms with Gasteiger partial charge >= 0.3 is 11.9 Å². The number of esters is 2. The first-order chi connectivity index (χ1) is 14.9. The van der Waals surface area contributed by atoms with Crippen molar-refractivity contribution in [3.05, 3.63) is 89.4 Å². The molecule has 0 aliphatic rings. The first kappa shape index (κ1) is 21.5. The van der Waals surface area contributed by atoms with Crippen molar-refractivity contribution in [3.63, 3.8) is 0 Å². The summed E-state index contributed by atoms with van der Waals surface area (Å²) in [5, 5.41) is 2.32. The summed E-state index contributed by atoms with van der Waals surface area (Å²) >= 11 is 0. The highest BCUT2D eigenvalue weighted by Crippen LogP contribution is 2.15. The second-order valence-electron chi connectivity index (χ2n) is 6.52. The van der Waals surface area contributed by atoms with Gasteiger partial charge in [0.25, 0.3) is 5.91 Å². The number of carbonyl (C=O) groups excluding carboxylic acids is 4. The monoisotopic (exact) mass is 421 g/mol. The van der Waals surface area contributed by atoms with Gasteiger partial charge < -0.3 is 19.2 Å². The van der Waals surface area contributed by atoms with Gasteiger partial charge in [0, 0.05) is 5.56 Å². The minimum absolute atomic E-state index is 0.0621. The summed E-state index contributed by atoms with van der Waals surface area (Å²) in [5.41, 5.74) is 1.72. The van der Waals surface area contributed by atoms with E-state index >= 15 is 0 Å². The molecule has 0 radical (unpaired) electrons. The van der Waals surface area contributed by atoms with E-state index in [2.05, 4.69) is 5.32 Å². The van der Waals surface area contributed by atoms with Crippen LogP contribution in [-0.4, -0.2) is 36.8 Å². The van der Waals surface area contributed by atoms with Crippen LogP contribution in [0.5, 0.6) is 5.75 Å². The lowest BCUT2D eigenvalue weighted by Crippen LogP contribution is -2.31. The Morgan fingerprint density at radius 1 is 0.903 bits per heavy atom. The Labute approximate surface area is 177 Å². The van der Waals surface area contributed by atoms with Crippen molar-refractivity contribution in [1.29, 1.82) is 0 Å². The molecule has 0 bridgehead atoms. The second-order valence-corrected chi connectivity index (χ2v) is 6.52. The molecule has 0 atom stereocenters. The molecular formula is C23H19NO7. The molecule has 1 amide bonds. The normalized spacial score (nSPS) is 10.2. The zero-order chi connectivity index (χ0) is 22.2. The van der Waals surface area contributed by atoms with Crippen molar-refractivity contribution in [3.8, 4) is 5.75 Å². The number of ether oxygens (including phenoxy) is 2. The molecule has 8 heteroatoms. The van der Waals surface area contributed by atoms with Gasteiger partial charge in [0.15, 0.2) is 18.2 Å². The van der Waals surface area contributed by atoms with Gasteiger partial charge in [-0.1, -0.05) is 17.7 Å². The summed E-state index contributed by atoms with van der Waals surface area (Å²) in [6.45, 7) is 1.03.